The van der Waals surface area contributed by atoms with Crippen LogP contribution < -0.4 is 25.8 Å². The lowest BCUT2D eigenvalue weighted by molar-refractivity contribution is -0.137. The molecule has 3 fully saturated rings. The number of fused-ring (bicyclic) bond motifs is 2. The van der Waals surface area contributed by atoms with Gasteiger partial charge in [0.25, 0.3) is 11.8 Å². The summed E-state index contributed by atoms with van der Waals surface area (Å²) >= 11 is 0. The fourth-order valence-electron chi connectivity index (χ4n) is 9.99. The lowest BCUT2D eigenvalue weighted by Gasteiger charge is -2.37. The van der Waals surface area contributed by atoms with E-state index in [1.165, 1.54) is 6.07 Å². The molecule has 2 aromatic carbocycles. The molecule has 9 rings (SSSR count). The van der Waals surface area contributed by atoms with Crippen molar-refractivity contribution in [3.8, 4) is 11.3 Å². The largest absolute Gasteiger partial charge is 0.371 e. The molecular weight excluding hydrogens is 891 g/mol. The van der Waals surface area contributed by atoms with Crippen molar-refractivity contribution < 1.29 is 37.5 Å². The molecule has 4 aliphatic heterocycles. The summed E-state index contributed by atoms with van der Waals surface area (Å²) in [6, 6.07) is 10.5. The Kier molecular flexibility index (Phi) is 12.6. The number of pyridine rings is 1. The van der Waals surface area contributed by atoms with Gasteiger partial charge >= 0.3 is 0 Å². The van der Waals surface area contributed by atoms with Crippen LogP contribution in [0.1, 0.15) is 98.8 Å². The number of hydrogen-bond donors (Lipinski definition) is 3. The van der Waals surface area contributed by atoms with Gasteiger partial charge in [-0.3, -0.25) is 39.0 Å². The van der Waals surface area contributed by atoms with Crippen molar-refractivity contribution in [1.82, 2.24) is 44.9 Å². The van der Waals surface area contributed by atoms with Gasteiger partial charge < -0.3 is 29.9 Å². The Morgan fingerprint density at radius 2 is 1.61 bits per heavy atom. The summed E-state index contributed by atoms with van der Waals surface area (Å²) in [6.45, 7) is 12.8. The average Bonchev–Trinajstić information content (AvgIpc) is 3.79. The van der Waals surface area contributed by atoms with Crippen LogP contribution in [0.3, 0.4) is 0 Å². The van der Waals surface area contributed by atoms with Crippen molar-refractivity contribution in [3.63, 3.8) is 0 Å². The van der Waals surface area contributed by atoms with Crippen LogP contribution in [0.25, 0.3) is 22.3 Å². The number of piperazine rings is 1. The minimum atomic E-state index is -1.05. The molecule has 18 nitrogen and oxygen atoms in total. The van der Waals surface area contributed by atoms with Crippen LogP contribution in [0, 0.1) is 24.0 Å². The van der Waals surface area contributed by atoms with Crippen LogP contribution in [-0.2, 0) is 19.2 Å². The Morgan fingerprint density at radius 3 is 2.30 bits per heavy atom. The first-order valence-electron chi connectivity index (χ1n) is 23.3. The fraction of sp³-hybridized carbons (Fsp3) is 0.429. The number of benzene rings is 2. The molecule has 3 aromatic heterocycles. The molecule has 69 heavy (non-hydrogen) atoms. The minimum absolute atomic E-state index is 0.0100. The van der Waals surface area contributed by atoms with Gasteiger partial charge in [0.05, 0.1) is 40.4 Å². The number of amides is 6. The number of aromatic nitrogens is 5. The number of rotatable bonds is 12. The van der Waals surface area contributed by atoms with Gasteiger partial charge in [0.15, 0.2) is 11.6 Å². The van der Waals surface area contributed by atoms with Gasteiger partial charge in [-0.1, -0.05) is 19.9 Å². The van der Waals surface area contributed by atoms with Crippen molar-refractivity contribution in [2.24, 2.45) is 5.41 Å². The number of halogens is 2. The van der Waals surface area contributed by atoms with E-state index in [9.17, 15) is 28.8 Å². The molecule has 3 N–H and O–H groups in total. The van der Waals surface area contributed by atoms with Gasteiger partial charge in [-0.2, -0.15) is 0 Å². The quantitative estimate of drug-likeness (QED) is 0.133. The first-order valence-corrected chi connectivity index (χ1v) is 23.3. The SMILES string of the molecule is Cc1nc2c(F)cc(-c3nc(Nc4ccc(N5CCN(C(=O)CC(C)(C)CC(=O)NC6CCN(c7cccc8c7C(=O)N(C7CCC(=O)NC7=O)C8=O)CC6)CC5)cn4)ncc3F)cc2n1C(C)C. The van der Waals surface area contributed by atoms with E-state index < -0.39 is 46.7 Å². The number of nitrogens with zero attached hydrogens (tertiary/aromatic N) is 9. The van der Waals surface area contributed by atoms with E-state index in [4.69, 9.17) is 0 Å². The maximum Gasteiger partial charge on any atom is 0.264 e. The Bertz CT molecular complexity index is 2890. The number of carbonyl (C=O) groups is 6. The Labute approximate surface area is 396 Å². The maximum atomic E-state index is 15.2. The molecule has 0 aliphatic carbocycles. The van der Waals surface area contributed by atoms with Crippen LogP contribution >= 0.6 is 0 Å². The van der Waals surface area contributed by atoms with Crippen molar-refractivity contribution in [2.45, 2.75) is 91.3 Å². The number of carbonyl (C=O) groups excluding carboxylic acids is 6. The third-order valence-corrected chi connectivity index (χ3v) is 13.4. The average molecular weight is 945 g/mol. The molecule has 0 radical (unpaired) electrons. The van der Waals surface area contributed by atoms with Crippen molar-refractivity contribution >= 4 is 69.6 Å². The standard InChI is InChI=1S/C49H54F2N12O6/c1-27(2)62-28(3)54-44-33(50)21-29(22-37(44)62)43-34(51)26-53-48(58-43)56-38-11-9-31(25-52-38)59-17-19-61(20-18-59)41(66)24-49(4,5)23-40(65)55-30-13-15-60(16-14-30)35-8-6-7-32-42(35)47(69)63(46(32)68)36-10-12-39(64)57-45(36)67/h6-9,11,21-22,25-27,30,36H,10,12-20,23-24H2,1-5H3,(H,55,65)(H,57,64,67)(H,52,53,56,58). The number of nitrogens with one attached hydrogen (secondary N) is 3. The summed E-state index contributed by atoms with van der Waals surface area (Å²) in [5, 5.41) is 8.39. The second-order valence-corrected chi connectivity index (χ2v) is 19.2. The molecule has 0 saturated carbocycles. The second kappa shape index (κ2) is 18.6. The minimum Gasteiger partial charge on any atom is -0.371 e. The number of imide groups is 2. The van der Waals surface area contributed by atoms with E-state index in [0.717, 1.165) is 16.8 Å². The third-order valence-electron chi connectivity index (χ3n) is 13.4. The summed E-state index contributed by atoms with van der Waals surface area (Å²) in [5.74, 6) is -2.49. The first-order chi connectivity index (χ1) is 32.9. The third kappa shape index (κ3) is 9.43. The predicted octanol–water partition coefficient (Wildman–Crippen LogP) is 5.44. The second-order valence-electron chi connectivity index (χ2n) is 19.2. The molecular formula is C49H54F2N12O6. The maximum absolute atomic E-state index is 15.2. The van der Waals surface area contributed by atoms with Gasteiger partial charge in [0, 0.05) is 76.2 Å². The Morgan fingerprint density at radius 1 is 0.855 bits per heavy atom. The summed E-state index contributed by atoms with van der Waals surface area (Å²) in [4.78, 5) is 102. The molecule has 6 amide bonds. The molecule has 0 spiro atoms. The summed E-state index contributed by atoms with van der Waals surface area (Å²) < 4.78 is 32.2. The number of piperidine rings is 2. The van der Waals surface area contributed by atoms with Gasteiger partial charge in [-0.05, 0) is 81.8 Å². The molecule has 1 unspecified atom stereocenters. The molecule has 0 bridgehead atoms. The molecule has 1 atom stereocenters. The molecule has 7 heterocycles. The van der Waals surface area contributed by atoms with Crippen LogP contribution in [0.4, 0.5) is 31.9 Å². The van der Waals surface area contributed by atoms with E-state index in [1.54, 1.807) is 43.5 Å². The van der Waals surface area contributed by atoms with Crippen LogP contribution in [0.15, 0.2) is 54.9 Å². The smallest absolute Gasteiger partial charge is 0.264 e. The van der Waals surface area contributed by atoms with Crippen molar-refractivity contribution in [2.75, 3.05) is 54.4 Å². The van der Waals surface area contributed by atoms with Crippen molar-refractivity contribution in [3.05, 3.63) is 83.4 Å². The van der Waals surface area contributed by atoms with E-state index >= 15 is 8.78 Å². The van der Waals surface area contributed by atoms with Crippen LogP contribution in [-0.4, -0.2) is 121 Å². The zero-order valence-electron chi connectivity index (χ0n) is 39.1. The number of aryl methyl sites for hydroxylation is 1. The fourth-order valence-corrected chi connectivity index (χ4v) is 9.99. The number of imidazole rings is 1. The van der Waals surface area contributed by atoms with Gasteiger partial charge in [0.1, 0.15) is 28.9 Å². The molecule has 3 saturated heterocycles. The zero-order valence-corrected chi connectivity index (χ0v) is 39.1. The highest BCUT2D eigenvalue weighted by Gasteiger charge is 2.46. The van der Waals surface area contributed by atoms with E-state index in [-0.39, 0.29) is 83.4 Å². The van der Waals surface area contributed by atoms with Gasteiger partial charge in [0.2, 0.25) is 29.6 Å². The van der Waals surface area contributed by atoms with Crippen LogP contribution in [0.5, 0.6) is 0 Å². The van der Waals surface area contributed by atoms with Gasteiger partial charge in [-0.25, -0.2) is 28.7 Å². The van der Waals surface area contributed by atoms with Gasteiger partial charge in [-0.15, -0.1) is 0 Å². The van der Waals surface area contributed by atoms with Crippen LogP contribution in [0.2, 0.25) is 0 Å². The van der Waals surface area contributed by atoms with E-state index in [0.29, 0.717) is 75.0 Å². The molecule has 5 aromatic rings. The Balaban J connectivity index is 0.733. The summed E-state index contributed by atoms with van der Waals surface area (Å²) in [6.07, 6.45) is 4.41. The number of hydrogen-bond acceptors (Lipinski definition) is 13. The van der Waals surface area contributed by atoms with E-state index in [1.807, 2.05) is 48.1 Å². The highest BCUT2D eigenvalue weighted by molar-refractivity contribution is 6.25. The summed E-state index contributed by atoms with van der Waals surface area (Å²) in [5.41, 5.74) is 2.26. The topological polar surface area (TPSA) is 208 Å². The summed E-state index contributed by atoms with van der Waals surface area (Å²) in [7, 11) is 0. The lowest BCUT2D eigenvalue weighted by Crippen LogP contribution is -2.54. The highest BCUT2D eigenvalue weighted by atomic mass is 19.1. The molecule has 20 heteroatoms. The van der Waals surface area contributed by atoms with Crippen molar-refractivity contribution in [1.29, 1.82) is 0 Å². The highest BCUT2D eigenvalue weighted by Crippen LogP contribution is 2.36. The monoisotopic (exact) mass is 944 g/mol. The van der Waals surface area contributed by atoms with E-state index in [2.05, 4.69) is 40.8 Å². The Hall–Kier alpha value is -7.38. The predicted molar refractivity (Wildman–Crippen MR) is 252 cm³/mol. The molecule has 360 valence electrons. The normalized spacial score (nSPS) is 18.1. The number of anilines is 4. The molecule has 4 aliphatic rings. The first kappa shape index (κ1) is 46.7. The zero-order chi connectivity index (χ0) is 48.9. The lowest BCUT2D eigenvalue weighted by atomic mass is 9.84.